The van der Waals surface area contributed by atoms with Gasteiger partial charge in [-0.05, 0) is 18.2 Å². The van der Waals surface area contributed by atoms with Gasteiger partial charge in [0.25, 0.3) is 0 Å². The molecule has 19 heavy (non-hydrogen) atoms. The largest absolute Gasteiger partial charge is 0.508 e. The van der Waals surface area contributed by atoms with Gasteiger partial charge in [-0.15, -0.1) is 0 Å². The van der Waals surface area contributed by atoms with Crippen LogP contribution in [0.5, 0.6) is 28.7 Å². The van der Waals surface area contributed by atoms with Crippen LogP contribution in [0, 0.1) is 0 Å². The first-order valence-electron chi connectivity index (χ1n) is 5.21. The SMILES string of the molecule is O=C(c1ccc(O)cc1O)c1cc(O)c(O)cc1O. The molecule has 0 heterocycles. The molecular formula is C13H10O6. The van der Waals surface area contributed by atoms with E-state index < -0.39 is 28.8 Å². The molecule has 6 nitrogen and oxygen atoms in total. The predicted octanol–water partition coefficient (Wildman–Crippen LogP) is 1.45. The van der Waals surface area contributed by atoms with Gasteiger partial charge in [0.2, 0.25) is 5.78 Å². The van der Waals surface area contributed by atoms with Crippen molar-refractivity contribution in [1.82, 2.24) is 0 Å². The van der Waals surface area contributed by atoms with Crippen LogP contribution in [0.2, 0.25) is 0 Å². The zero-order valence-electron chi connectivity index (χ0n) is 9.53. The fourth-order valence-corrected chi connectivity index (χ4v) is 1.60. The van der Waals surface area contributed by atoms with Crippen LogP contribution in [0.15, 0.2) is 30.3 Å². The van der Waals surface area contributed by atoms with Crippen LogP contribution in [-0.4, -0.2) is 31.3 Å². The molecule has 5 N–H and O–H groups in total. The Kier molecular flexibility index (Phi) is 2.92. The number of ketones is 1. The van der Waals surface area contributed by atoms with Crippen molar-refractivity contribution in [2.24, 2.45) is 0 Å². The maximum absolute atomic E-state index is 12.1. The van der Waals surface area contributed by atoms with Crippen LogP contribution in [0.4, 0.5) is 0 Å². The fraction of sp³-hybridized carbons (Fsp3) is 0. The van der Waals surface area contributed by atoms with E-state index in [2.05, 4.69) is 0 Å². The van der Waals surface area contributed by atoms with E-state index in [0.29, 0.717) is 0 Å². The van der Waals surface area contributed by atoms with E-state index in [1.54, 1.807) is 0 Å². The molecule has 0 aliphatic rings. The summed E-state index contributed by atoms with van der Waals surface area (Å²) in [4.78, 5) is 12.1. The van der Waals surface area contributed by atoms with Crippen LogP contribution in [0.1, 0.15) is 15.9 Å². The Balaban J connectivity index is 2.53. The molecule has 0 bridgehead atoms. The Morgan fingerprint density at radius 2 is 1.26 bits per heavy atom. The summed E-state index contributed by atoms with van der Waals surface area (Å²) in [5, 5.41) is 46.7. The number of hydrogen-bond acceptors (Lipinski definition) is 6. The molecule has 2 aromatic carbocycles. The lowest BCUT2D eigenvalue weighted by Crippen LogP contribution is -2.02. The summed E-state index contributed by atoms with van der Waals surface area (Å²) < 4.78 is 0. The van der Waals surface area contributed by atoms with Crippen LogP contribution in [0.3, 0.4) is 0 Å². The second-order valence-electron chi connectivity index (χ2n) is 3.89. The highest BCUT2D eigenvalue weighted by Gasteiger charge is 2.19. The van der Waals surface area contributed by atoms with E-state index in [9.17, 15) is 20.1 Å². The third-order valence-corrected chi connectivity index (χ3v) is 2.56. The third kappa shape index (κ3) is 2.23. The quantitative estimate of drug-likeness (QED) is 0.317. The second kappa shape index (κ2) is 4.41. The average molecular weight is 262 g/mol. The minimum Gasteiger partial charge on any atom is -0.508 e. The topological polar surface area (TPSA) is 118 Å². The summed E-state index contributed by atoms with van der Waals surface area (Å²) in [5.41, 5.74) is -0.436. The molecule has 0 atom stereocenters. The first kappa shape index (κ1) is 12.6. The highest BCUT2D eigenvalue weighted by Crippen LogP contribution is 2.35. The monoisotopic (exact) mass is 262 g/mol. The summed E-state index contributed by atoms with van der Waals surface area (Å²) in [6, 6.07) is 5.06. The maximum atomic E-state index is 12.1. The molecule has 0 radical (unpaired) electrons. The van der Waals surface area contributed by atoms with Gasteiger partial charge in [-0.2, -0.15) is 0 Å². The molecule has 0 amide bonds. The number of phenolic OH excluding ortho intramolecular Hbond substituents is 5. The maximum Gasteiger partial charge on any atom is 0.200 e. The standard InChI is InChI=1S/C13H10O6/c14-6-1-2-7(9(15)3-6)13(19)8-4-11(17)12(18)5-10(8)16/h1-5,14-18H. The van der Waals surface area contributed by atoms with E-state index in [4.69, 9.17) is 10.2 Å². The lowest BCUT2D eigenvalue weighted by molar-refractivity contribution is 0.103. The molecule has 2 aromatic rings. The lowest BCUT2D eigenvalue weighted by Gasteiger charge is -2.07. The van der Waals surface area contributed by atoms with Crippen molar-refractivity contribution >= 4 is 5.78 Å². The van der Waals surface area contributed by atoms with Gasteiger partial charge in [-0.3, -0.25) is 4.79 Å². The van der Waals surface area contributed by atoms with Gasteiger partial charge < -0.3 is 25.5 Å². The van der Waals surface area contributed by atoms with Crippen molar-refractivity contribution in [3.05, 3.63) is 41.5 Å². The van der Waals surface area contributed by atoms with Crippen LogP contribution >= 0.6 is 0 Å². The van der Waals surface area contributed by atoms with Gasteiger partial charge in [0.15, 0.2) is 11.5 Å². The lowest BCUT2D eigenvalue weighted by atomic mass is 10.0. The molecule has 0 spiro atoms. The summed E-state index contributed by atoms with van der Waals surface area (Å²) in [5.74, 6) is -3.11. The number of carbonyl (C=O) groups is 1. The van der Waals surface area contributed by atoms with Crippen molar-refractivity contribution in [3.8, 4) is 28.7 Å². The van der Waals surface area contributed by atoms with Gasteiger partial charge in [-0.1, -0.05) is 0 Å². The van der Waals surface area contributed by atoms with Crippen molar-refractivity contribution in [2.75, 3.05) is 0 Å². The van der Waals surface area contributed by atoms with E-state index in [1.807, 2.05) is 0 Å². The molecule has 0 unspecified atom stereocenters. The van der Waals surface area contributed by atoms with Crippen molar-refractivity contribution < 1.29 is 30.3 Å². The smallest absolute Gasteiger partial charge is 0.200 e. The zero-order chi connectivity index (χ0) is 14.2. The number of carbonyl (C=O) groups excluding carboxylic acids is 1. The Labute approximate surface area is 107 Å². The van der Waals surface area contributed by atoms with Crippen LogP contribution < -0.4 is 0 Å². The summed E-state index contributed by atoms with van der Waals surface area (Å²) in [7, 11) is 0. The van der Waals surface area contributed by atoms with Gasteiger partial charge >= 0.3 is 0 Å². The fourth-order valence-electron chi connectivity index (χ4n) is 1.60. The summed E-state index contributed by atoms with van der Waals surface area (Å²) >= 11 is 0. The highest BCUT2D eigenvalue weighted by molar-refractivity contribution is 6.12. The number of aromatic hydroxyl groups is 5. The van der Waals surface area contributed by atoms with E-state index >= 15 is 0 Å². The second-order valence-corrected chi connectivity index (χ2v) is 3.89. The van der Waals surface area contributed by atoms with Gasteiger partial charge in [-0.25, -0.2) is 0 Å². The van der Waals surface area contributed by atoms with Crippen LogP contribution in [-0.2, 0) is 0 Å². The van der Waals surface area contributed by atoms with Crippen LogP contribution in [0.25, 0.3) is 0 Å². The van der Waals surface area contributed by atoms with Crippen molar-refractivity contribution in [2.45, 2.75) is 0 Å². The van der Waals surface area contributed by atoms with E-state index in [-0.39, 0.29) is 16.9 Å². The molecule has 0 aliphatic heterocycles. The Hall–Kier alpha value is -2.89. The van der Waals surface area contributed by atoms with Gasteiger partial charge in [0.1, 0.15) is 17.2 Å². The first-order chi connectivity index (χ1) is 8.90. The molecular weight excluding hydrogens is 252 g/mol. The summed E-state index contributed by atoms with van der Waals surface area (Å²) in [6.07, 6.45) is 0. The molecule has 0 saturated heterocycles. The minimum atomic E-state index is -0.759. The van der Waals surface area contributed by atoms with Crippen molar-refractivity contribution in [3.63, 3.8) is 0 Å². The molecule has 6 heteroatoms. The predicted molar refractivity (Wildman–Crippen MR) is 64.6 cm³/mol. The number of hydrogen-bond donors (Lipinski definition) is 5. The van der Waals surface area contributed by atoms with Gasteiger partial charge in [0.05, 0.1) is 11.1 Å². The Bertz CT molecular complexity index is 662. The summed E-state index contributed by atoms with van der Waals surface area (Å²) in [6.45, 7) is 0. The number of rotatable bonds is 2. The highest BCUT2D eigenvalue weighted by atomic mass is 16.3. The molecule has 0 saturated carbocycles. The number of phenols is 5. The minimum absolute atomic E-state index is 0.154. The molecule has 98 valence electrons. The third-order valence-electron chi connectivity index (χ3n) is 2.56. The Morgan fingerprint density at radius 3 is 1.89 bits per heavy atom. The average Bonchev–Trinajstić information content (AvgIpc) is 2.33. The van der Waals surface area contributed by atoms with Crippen molar-refractivity contribution in [1.29, 1.82) is 0 Å². The number of benzene rings is 2. The molecule has 0 fully saturated rings. The zero-order valence-corrected chi connectivity index (χ0v) is 9.53. The van der Waals surface area contributed by atoms with E-state index in [1.165, 1.54) is 12.1 Å². The molecule has 2 rings (SSSR count). The Morgan fingerprint density at radius 1 is 0.684 bits per heavy atom. The first-order valence-corrected chi connectivity index (χ1v) is 5.21. The van der Waals surface area contributed by atoms with Gasteiger partial charge in [0, 0.05) is 12.1 Å². The normalized spacial score (nSPS) is 10.3. The molecule has 0 aromatic heterocycles. The molecule has 0 aliphatic carbocycles. The van der Waals surface area contributed by atoms with E-state index in [0.717, 1.165) is 18.2 Å².